The quantitative estimate of drug-likeness (QED) is 0.286. The first-order valence-electron chi connectivity index (χ1n) is 16.4. The number of nitrogens with zero attached hydrogens (tertiary/aromatic N) is 1. The van der Waals surface area contributed by atoms with Crippen molar-refractivity contribution in [3.63, 3.8) is 0 Å². The van der Waals surface area contributed by atoms with E-state index < -0.39 is 41.2 Å². The Kier molecular flexibility index (Phi) is 10.5. The van der Waals surface area contributed by atoms with Crippen LogP contribution in [0.4, 0.5) is 4.79 Å². The number of alkyl carbamates (subject to hydrolysis) is 1. The van der Waals surface area contributed by atoms with E-state index in [9.17, 15) is 19.2 Å². The lowest BCUT2D eigenvalue weighted by molar-refractivity contribution is -0.151. The number of rotatable bonds is 5. The Balaban J connectivity index is 1.48. The van der Waals surface area contributed by atoms with Crippen LogP contribution in [0.5, 0.6) is 11.5 Å². The molecule has 1 saturated carbocycles. The first kappa shape index (κ1) is 34.3. The van der Waals surface area contributed by atoms with Crippen molar-refractivity contribution < 1.29 is 33.4 Å². The van der Waals surface area contributed by atoms with Crippen LogP contribution in [0.15, 0.2) is 54.6 Å². The molecule has 1 fully saturated rings. The highest BCUT2D eigenvalue weighted by atomic mass is 35.5. The molecule has 1 aliphatic carbocycles. The van der Waals surface area contributed by atoms with Gasteiger partial charge in [-0.05, 0) is 94.8 Å². The molecular formula is C36H44ClN3O7. The highest BCUT2D eigenvalue weighted by Crippen LogP contribution is 2.46. The fourth-order valence-electron chi connectivity index (χ4n) is 6.22. The number of nitrogens with one attached hydrogen (secondary N) is 2. The van der Waals surface area contributed by atoms with E-state index in [2.05, 4.69) is 10.6 Å². The van der Waals surface area contributed by atoms with Gasteiger partial charge < -0.3 is 29.7 Å². The van der Waals surface area contributed by atoms with Gasteiger partial charge in [0.05, 0.1) is 6.61 Å². The largest absolute Gasteiger partial charge is 0.464 e. The van der Waals surface area contributed by atoms with Crippen LogP contribution < -0.4 is 15.4 Å². The minimum atomic E-state index is -1.19. The first-order chi connectivity index (χ1) is 22.4. The zero-order valence-corrected chi connectivity index (χ0v) is 28.2. The number of hydrogen-bond donors (Lipinski definition) is 2. The van der Waals surface area contributed by atoms with E-state index in [1.807, 2.05) is 30.4 Å². The molecule has 5 rings (SSSR count). The van der Waals surface area contributed by atoms with Gasteiger partial charge in [0.1, 0.15) is 34.7 Å². The van der Waals surface area contributed by atoms with Gasteiger partial charge in [0, 0.05) is 23.9 Å². The van der Waals surface area contributed by atoms with Gasteiger partial charge in [-0.25, -0.2) is 9.59 Å². The van der Waals surface area contributed by atoms with Crippen LogP contribution in [-0.4, -0.2) is 58.6 Å². The van der Waals surface area contributed by atoms with Crippen molar-refractivity contribution >= 4 is 35.5 Å². The summed E-state index contributed by atoms with van der Waals surface area (Å²) in [6, 6.07) is 10.8. The molecule has 2 N–H and O–H groups in total. The lowest BCUT2D eigenvalue weighted by Crippen LogP contribution is -2.60. The van der Waals surface area contributed by atoms with Crippen LogP contribution >= 0.6 is 11.6 Å². The van der Waals surface area contributed by atoms with Crippen LogP contribution in [0.2, 0.25) is 5.02 Å². The Labute approximate surface area is 281 Å². The van der Waals surface area contributed by atoms with E-state index in [1.54, 1.807) is 52.0 Å². The summed E-state index contributed by atoms with van der Waals surface area (Å²) in [6.07, 6.45) is 7.55. The fraction of sp³-hybridized carbons (Fsp3) is 0.500. The molecule has 2 aromatic rings. The van der Waals surface area contributed by atoms with Crippen molar-refractivity contribution in [1.82, 2.24) is 15.5 Å². The SMILES string of the molecule is CCOC(=O)[C@@]12C[C@@H]1/C=C\CCCCCC(NC(=O)OC(C)(C)C)C(=O)N1Cc3ccc(Oc4cccc(Cl)c4)cc3CC1C(=O)N2. The molecule has 0 spiro atoms. The molecule has 3 aliphatic rings. The van der Waals surface area contributed by atoms with Crippen molar-refractivity contribution in [1.29, 1.82) is 0 Å². The zero-order valence-electron chi connectivity index (χ0n) is 27.5. The number of carbonyl (C=O) groups excluding carboxylic acids is 4. The van der Waals surface area contributed by atoms with Crippen molar-refractivity contribution in [2.24, 2.45) is 5.92 Å². The van der Waals surface area contributed by atoms with Crippen molar-refractivity contribution in [3.05, 3.63) is 70.8 Å². The predicted molar refractivity (Wildman–Crippen MR) is 177 cm³/mol. The molecular weight excluding hydrogens is 622 g/mol. The summed E-state index contributed by atoms with van der Waals surface area (Å²) in [5.74, 6) is -0.398. The van der Waals surface area contributed by atoms with E-state index in [-0.39, 0.29) is 31.4 Å². The van der Waals surface area contributed by atoms with Crippen molar-refractivity contribution in [2.75, 3.05) is 6.61 Å². The second-order valence-corrected chi connectivity index (χ2v) is 13.9. The Bertz CT molecular complexity index is 1540. The van der Waals surface area contributed by atoms with E-state index in [4.69, 9.17) is 25.8 Å². The molecule has 0 radical (unpaired) electrons. The highest BCUT2D eigenvalue weighted by molar-refractivity contribution is 6.30. The molecule has 252 valence electrons. The summed E-state index contributed by atoms with van der Waals surface area (Å²) in [6.45, 7) is 7.32. The Morgan fingerprint density at radius 2 is 1.85 bits per heavy atom. The summed E-state index contributed by atoms with van der Waals surface area (Å²) in [4.78, 5) is 56.2. The summed E-state index contributed by atoms with van der Waals surface area (Å²) < 4.78 is 17.0. The van der Waals surface area contributed by atoms with Gasteiger partial charge in [0.25, 0.3) is 0 Å². The average Bonchev–Trinajstić information content (AvgIpc) is 3.71. The van der Waals surface area contributed by atoms with Crippen LogP contribution in [0, 0.1) is 5.92 Å². The maximum absolute atomic E-state index is 14.4. The normalized spacial score (nSPS) is 25.4. The predicted octanol–water partition coefficient (Wildman–Crippen LogP) is 6.24. The molecule has 47 heavy (non-hydrogen) atoms. The van der Waals surface area contributed by atoms with Gasteiger partial charge >= 0.3 is 12.1 Å². The second kappa shape index (κ2) is 14.4. The molecule has 2 unspecified atom stereocenters. The maximum atomic E-state index is 14.4. The summed E-state index contributed by atoms with van der Waals surface area (Å²) in [7, 11) is 0. The molecule has 2 aromatic carbocycles. The summed E-state index contributed by atoms with van der Waals surface area (Å²) >= 11 is 6.15. The fourth-order valence-corrected chi connectivity index (χ4v) is 6.40. The number of carbonyl (C=O) groups is 4. The number of hydrogen-bond acceptors (Lipinski definition) is 7. The third-order valence-electron chi connectivity index (χ3n) is 8.65. The molecule has 0 bridgehead atoms. The third kappa shape index (κ3) is 8.46. The minimum absolute atomic E-state index is 0.131. The standard InChI is InChI=1S/C36H44ClN3O7/c1-5-45-33(43)36-21-25(36)12-9-7-6-8-10-15-29(38-34(44)47-35(2,3)4)32(42)40-22-23-16-17-28(46-27-14-11-13-26(37)20-27)18-24(23)19-30(40)31(41)39-36/h9,11-14,16-18,20,25,29-30H,5-8,10,15,19,21-22H2,1-4H3,(H,38,44)(H,39,41)/b12-9-/t25-,29?,30?,36+/m0/s1. The smallest absolute Gasteiger partial charge is 0.408 e. The molecule has 0 saturated heterocycles. The Morgan fingerprint density at radius 3 is 2.60 bits per heavy atom. The van der Waals surface area contributed by atoms with Gasteiger partial charge in [-0.2, -0.15) is 0 Å². The van der Waals surface area contributed by atoms with Crippen LogP contribution in [-0.2, 0) is 36.8 Å². The van der Waals surface area contributed by atoms with E-state index in [0.717, 1.165) is 30.4 Å². The Hall–Kier alpha value is -4.05. The number of fused-ring (bicyclic) bond motifs is 3. The minimum Gasteiger partial charge on any atom is -0.464 e. The summed E-state index contributed by atoms with van der Waals surface area (Å²) in [5.41, 5.74) is -0.258. The molecule has 2 aliphatic heterocycles. The van der Waals surface area contributed by atoms with Crippen molar-refractivity contribution in [2.45, 2.75) is 102 Å². The lowest BCUT2D eigenvalue weighted by Gasteiger charge is -2.39. The number of esters is 1. The van der Waals surface area contributed by atoms with Crippen LogP contribution in [0.25, 0.3) is 0 Å². The average molecular weight is 666 g/mol. The molecule has 0 aromatic heterocycles. The lowest BCUT2D eigenvalue weighted by atomic mass is 9.91. The monoisotopic (exact) mass is 665 g/mol. The van der Waals surface area contributed by atoms with Crippen LogP contribution in [0.3, 0.4) is 0 Å². The number of halogens is 1. The van der Waals surface area contributed by atoms with Gasteiger partial charge in [-0.1, -0.05) is 48.7 Å². The number of benzene rings is 2. The number of amides is 3. The molecule has 10 nitrogen and oxygen atoms in total. The van der Waals surface area contributed by atoms with E-state index >= 15 is 0 Å². The van der Waals surface area contributed by atoms with Crippen LogP contribution in [0.1, 0.15) is 77.3 Å². The number of ether oxygens (including phenoxy) is 3. The van der Waals surface area contributed by atoms with Gasteiger partial charge in [-0.15, -0.1) is 0 Å². The molecule has 4 atom stereocenters. The van der Waals surface area contributed by atoms with E-state index in [1.165, 1.54) is 4.90 Å². The molecule has 3 amide bonds. The van der Waals surface area contributed by atoms with Gasteiger partial charge in [-0.3, -0.25) is 9.59 Å². The van der Waals surface area contributed by atoms with Crippen molar-refractivity contribution in [3.8, 4) is 11.5 Å². The maximum Gasteiger partial charge on any atom is 0.408 e. The number of allylic oxidation sites excluding steroid dienone is 1. The van der Waals surface area contributed by atoms with Gasteiger partial charge in [0.2, 0.25) is 11.8 Å². The Morgan fingerprint density at radius 1 is 1.06 bits per heavy atom. The van der Waals surface area contributed by atoms with Gasteiger partial charge in [0.15, 0.2) is 0 Å². The highest BCUT2D eigenvalue weighted by Gasteiger charge is 2.62. The third-order valence-corrected chi connectivity index (χ3v) is 8.88. The topological polar surface area (TPSA) is 123 Å². The zero-order chi connectivity index (χ0) is 33.8. The second-order valence-electron chi connectivity index (χ2n) is 13.4. The summed E-state index contributed by atoms with van der Waals surface area (Å²) in [5, 5.41) is 6.33. The van der Waals surface area contributed by atoms with E-state index in [0.29, 0.717) is 35.8 Å². The molecule has 11 heteroatoms. The molecule has 2 heterocycles. The first-order valence-corrected chi connectivity index (χ1v) is 16.8.